The number of aryl methyl sites for hydroxylation is 2. The summed E-state index contributed by atoms with van der Waals surface area (Å²) in [5, 5.41) is 5.49. The number of likely N-dealkylation sites (tertiary alicyclic amines) is 1. The molecule has 63 heavy (non-hydrogen) atoms. The number of imidazole rings is 2. The number of ether oxygens (including phenoxy) is 2. The van der Waals surface area contributed by atoms with Gasteiger partial charge < -0.3 is 39.9 Å². The number of H-pyrrole nitrogens is 2. The van der Waals surface area contributed by atoms with Crippen molar-refractivity contribution < 1.29 is 28.7 Å². The molecule has 6 atom stereocenters. The number of hydrogen-bond donors (Lipinski definition) is 4. The standard InChI is InChI=1S/C49H60N8O6/c1-9-20-56(46(58)41(26(2)3)54-48(60)62-7)28(6)44-50-25-40(53-44)33-14-18-37-32(22-33)11-10-31-21-29(13-17-36(31)37)30-15-19-38-39(24-30)52-45(51-38)43-34-12-16-35(23-34)57(43)47(59)42(27(4)5)55-49(61)63-8/h13-15,17-19,21-22,24-28,34-35,41-43H,9-12,16,20,23H2,1-8H3,(H,50,53)(H,51,52)(H,54,60)(H,55,61)/t28-,34-,35+,41-,42-,43-/m0/s1. The van der Waals surface area contributed by atoms with E-state index < -0.39 is 24.3 Å². The normalized spacial score (nSPS) is 19.1. The quantitative estimate of drug-likeness (QED) is 0.0912. The van der Waals surface area contributed by atoms with Crippen molar-refractivity contribution >= 4 is 35.0 Å². The number of piperidine rings is 1. The second-order valence-corrected chi connectivity index (χ2v) is 18.1. The third-order valence-electron chi connectivity index (χ3n) is 13.4. The largest absolute Gasteiger partial charge is 0.453 e. The molecule has 0 spiro atoms. The summed E-state index contributed by atoms with van der Waals surface area (Å²) in [6.45, 7) is 12.2. The molecule has 3 heterocycles. The molecule has 2 aliphatic carbocycles. The van der Waals surface area contributed by atoms with Gasteiger partial charge in [0.25, 0.3) is 0 Å². The first kappa shape index (κ1) is 43.5. The molecule has 3 aromatic carbocycles. The predicted octanol–water partition coefficient (Wildman–Crippen LogP) is 8.50. The molecule has 1 aliphatic heterocycles. The number of nitrogens with zero attached hydrogens (tertiary/aromatic N) is 4. The lowest BCUT2D eigenvalue weighted by molar-refractivity contribution is -0.139. The Bertz CT molecular complexity index is 2530. The minimum Gasteiger partial charge on any atom is -0.453 e. The zero-order chi connectivity index (χ0) is 44.7. The Kier molecular flexibility index (Phi) is 12.3. The van der Waals surface area contributed by atoms with E-state index in [0.29, 0.717) is 18.3 Å². The molecule has 8 rings (SSSR count). The van der Waals surface area contributed by atoms with Crippen LogP contribution in [0.4, 0.5) is 9.59 Å². The summed E-state index contributed by atoms with van der Waals surface area (Å²) >= 11 is 0. The molecule has 2 bridgehead atoms. The van der Waals surface area contributed by atoms with Gasteiger partial charge in [-0.1, -0.05) is 71.0 Å². The molecule has 14 nitrogen and oxygen atoms in total. The van der Waals surface area contributed by atoms with Gasteiger partial charge >= 0.3 is 12.2 Å². The van der Waals surface area contributed by atoms with Crippen LogP contribution in [0.2, 0.25) is 0 Å². The van der Waals surface area contributed by atoms with Gasteiger partial charge in [-0.15, -0.1) is 0 Å². The lowest BCUT2D eigenvalue weighted by atomic mass is 9.83. The molecule has 0 unspecified atom stereocenters. The Morgan fingerprint density at radius 2 is 1.43 bits per heavy atom. The highest BCUT2D eigenvalue weighted by atomic mass is 16.5. The summed E-state index contributed by atoms with van der Waals surface area (Å²) < 4.78 is 9.65. The van der Waals surface area contributed by atoms with Crippen molar-refractivity contribution in [1.82, 2.24) is 40.4 Å². The smallest absolute Gasteiger partial charge is 0.407 e. The van der Waals surface area contributed by atoms with Crippen LogP contribution < -0.4 is 10.6 Å². The summed E-state index contributed by atoms with van der Waals surface area (Å²) in [6.07, 6.45) is 6.09. The lowest BCUT2D eigenvalue weighted by Gasteiger charge is -2.37. The number of benzene rings is 3. The third-order valence-corrected chi connectivity index (χ3v) is 13.4. The number of rotatable bonds is 13. The van der Waals surface area contributed by atoms with E-state index in [9.17, 15) is 19.2 Å². The monoisotopic (exact) mass is 856 g/mol. The van der Waals surface area contributed by atoms with Crippen molar-refractivity contribution in [2.24, 2.45) is 17.8 Å². The van der Waals surface area contributed by atoms with E-state index in [-0.39, 0.29) is 41.8 Å². The maximum absolute atomic E-state index is 14.1. The van der Waals surface area contributed by atoms with E-state index in [1.807, 2.05) is 52.6 Å². The van der Waals surface area contributed by atoms with Crippen LogP contribution in [0.15, 0.2) is 60.8 Å². The maximum atomic E-state index is 14.1. The first-order chi connectivity index (χ1) is 30.3. The van der Waals surface area contributed by atoms with Crippen molar-refractivity contribution in [2.45, 2.75) is 110 Å². The number of fused-ring (bicyclic) bond motifs is 6. The minimum atomic E-state index is -0.722. The van der Waals surface area contributed by atoms with Gasteiger partial charge in [0.15, 0.2) is 0 Å². The summed E-state index contributed by atoms with van der Waals surface area (Å²) in [5.41, 5.74) is 10.9. The maximum Gasteiger partial charge on any atom is 0.407 e. The van der Waals surface area contributed by atoms with Crippen LogP contribution >= 0.6 is 0 Å². The van der Waals surface area contributed by atoms with Gasteiger partial charge in [0, 0.05) is 12.6 Å². The summed E-state index contributed by atoms with van der Waals surface area (Å²) in [7, 11) is 2.61. The first-order valence-corrected chi connectivity index (χ1v) is 22.4. The fourth-order valence-corrected chi connectivity index (χ4v) is 10.1. The molecule has 2 aromatic heterocycles. The van der Waals surface area contributed by atoms with Crippen molar-refractivity contribution in [3.05, 3.63) is 83.6 Å². The number of nitrogens with one attached hydrogen (secondary N) is 4. The van der Waals surface area contributed by atoms with Crippen LogP contribution in [0.25, 0.3) is 44.5 Å². The Morgan fingerprint density at radius 1 is 0.810 bits per heavy atom. The van der Waals surface area contributed by atoms with Crippen molar-refractivity contribution in [2.75, 3.05) is 20.8 Å². The van der Waals surface area contributed by atoms with Crippen LogP contribution in [0.5, 0.6) is 0 Å². The number of amides is 4. The summed E-state index contributed by atoms with van der Waals surface area (Å²) in [6, 6.07) is 17.8. The van der Waals surface area contributed by atoms with Gasteiger partial charge in [0.2, 0.25) is 11.8 Å². The fraction of sp³-hybridized carbons (Fsp3) is 0.469. The zero-order valence-corrected chi connectivity index (χ0v) is 37.6. The van der Waals surface area contributed by atoms with Crippen LogP contribution in [0, 0.1) is 17.8 Å². The number of aromatic amines is 2. The highest BCUT2D eigenvalue weighted by molar-refractivity contribution is 5.88. The third kappa shape index (κ3) is 8.39. The number of alkyl carbamates (subject to hydrolysis) is 2. The van der Waals surface area contributed by atoms with E-state index in [0.717, 1.165) is 77.8 Å². The highest BCUT2D eigenvalue weighted by Crippen LogP contribution is 2.50. The SMILES string of the molecule is CCCN(C(=O)[C@@H](NC(=O)OC)C(C)C)[C@@H](C)c1ncc(-c2ccc3c(c2)CCc2cc(-c4ccc5nc([C@@H]6[C@H]7CC[C@H](C7)N6C(=O)[C@@H](NC(=O)OC)C(C)C)[nH]c5c4)ccc2-3)[nH]1. The number of aromatic nitrogens is 4. The van der Waals surface area contributed by atoms with Gasteiger partial charge in [-0.3, -0.25) is 9.59 Å². The average molecular weight is 857 g/mol. The van der Waals surface area contributed by atoms with Gasteiger partial charge in [-0.25, -0.2) is 19.6 Å². The van der Waals surface area contributed by atoms with E-state index in [4.69, 9.17) is 19.4 Å². The van der Waals surface area contributed by atoms with Gasteiger partial charge in [-0.2, -0.15) is 0 Å². The topological polar surface area (TPSA) is 175 Å². The Hall–Kier alpha value is -6.18. The summed E-state index contributed by atoms with van der Waals surface area (Å²) in [4.78, 5) is 72.8. The first-order valence-electron chi connectivity index (χ1n) is 22.4. The highest BCUT2D eigenvalue weighted by Gasteiger charge is 2.51. The second kappa shape index (κ2) is 17.9. The molecule has 332 valence electrons. The molecule has 5 aromatic rings. The lowest BCUT2D eigenvalue weighted by Crippen LogP contribution is -2.54. The van der Waals surface area contributed by atoms with E-state index in [2.05, 4.69) is 75.2 Å². The van der Waals surface area contributed by atoms with Gasteiger partial charge in [-0.05, 0) is 120 Å². The molecule has 14 heteroatoms. The van der Waals surface area contributed by atoms with Crippen molar-refractivity contribution in [1.29, 1.82) is 0 Å². The molecule has 3 aliphatic rings. The predicted molar refractivity (Wildman–Crippen MR) is 241 cm³/mol. The Labute approximate surface area is 368 Å². The number of carbonyl (C=O) groups excluding carboxylic acids is 4. The Morgan fingerprint density at radius 3 is 2.08 bits per heavy atom. The zero-order valence-electron chi connectivity index (χ0n) is 37.6. The van der Waals surface area contributed by atoms with Crippen LogP contribution in [-0.2, 0) is 31.9 Å². The molecule has 4 amide bonds. The number of hydrogen-bond acceptors (Lipinski definition) is 8. The van der Waals surface area contributed by atoms with Crippen LogP contribution in [0.3, 0.4) is 0 Å². The molecule has 2 fully saturated rings. The number of carbonyl (C=O) groups is 4. The molecule has 0 radical (unpaired) electrons. The van der Waals surface area contributed by atoms with Crippen LogP contribution in [-0.4, -0.2) is 92.6 Å². The van der Waals surface area contributed by atoms with Gasteiger partial charge in [0.1, 0.15) is 23.7 Å². The molecule has 1 saturated heterocycles. The minimum absolute atomic E-state index is 0.0852. The van der Waals surface area contributed by atoms with Crippen LogP contribution in [0.1, 0.15) is 102 Å². The fourth-order valence-electron chi connectivity index (χ4n) is 10.1. The van der Waals surface area contributed by atoms with Crippen molar-refractivity contribution in [3.63, 3.8) is 0 Å². The van der Waals surface area contributed by atoms with E-state index >= 15 is 0 Å². The van der Waals surface area contributed by atoms with E-state index in [1.165, 1.54) is 36.5 Å². The number of methoxy groups -OCH3 is 2. The average Bonchev–Trinajstić information content (AvgIpc) is 4.12. The van der Waals surface area contributed by atoms with Crippen molar-refractivity contribution in [3.8, 4) is 33.5 Å². The molecular formula is C49H60N8O6. The molecule has 4 N–H and O–H groups in total. The second-order valence-electron chi connectivity index (χ2n) is 18.1. The van der Waals surface area contributed by atoms with E-state index in [1.54, 1.807) is 4.90 Å². The molecular weight excluding hydrogens is 797 g/mol. The molecule has 1 saturated carbocycles. The summed E-state index contributed by atoms with van der Waals surface area (Å²) in [5.74, 6) is 1.30. The van der Waals surface area contributed by atoms with Gasteiger partial charge in [0.05, 0.1) is 49.2 Å². The Balaban J connectivity index is 0.995.